The normalized spacial score (nSPS) is 23.5. The summed E-state index contributed by atoms with van der Waals surface area (Å²) in [5.74, 6) is -1.53. The Morgan fingerprint density at radius 1 is 1.41 bits per heavy atom. The van der Waals surface area contributed by atoms with Crippen molar-refractivity contribution in [2.24, 2.45) is 5.41 Å². The largest absolute Gasteiger partial charge is 0.507 e. The molecule has 0 amide bonds. The summed E-state index contributed by atoms with van der Waals surface area (Å²) in [5.41, 5.74) is -1.53. The smallest absolute Gasteiger partial charge is 0.322 e. The number of ether oxygens (including phenoxy) is 1. The van der Waals surface area contributed by atoms with Crippen molar-refractivity contribution in [1.82, 2.24) is 0 Å². The lowest BCUT2D eigenvalue weighted by molar-refractivity contribution is -0.145. The standard InChI is InChI=1S/C12H12O5/c13-7-12(5-6-17-11(12)16)10(15)8-3-1-2-4-9(8)14/h1-4,13-14H,5-7H2. The summed E-state index contributed by atoms with van der Waals surface area (Å²) < 4.78 is 4.74. The highest BCUT2D eigenvalue weighted by Crippen LogP contribution is 2.35. The summed E-state index contributed by atoms with van der Waals surface area (Å²) in [7, 11) is 0. The van der Waals surface area contributed by atoms with Crippen LogP contribution in [0.5, 0.6) is 5.75 Å². The molecule has 0 saturated carbocycles. The summed E-state index contributed by atoms with van der Waals surface area (Å²) in [6.45, 7) is -0.502. The van der Waals surface area contributed by atoms with Crippen molar-refractivity contribution >= 4 is 11.8 Å². The number of ketones is 1. The van der Waals surface area contributed by atoms with Crippen LogP contribution in [0.3, 0.4) is 0 Å². The molecular formula is C12H12O5. The molecule has 90 valence electrons. The number of hydrogen-bond donors (Lipinski definition) is 2. The molecule has 1 saturated heterocycles. The van der Waals surface area contributed by atoms with Crippen molar-refractivity contribution in [1.29, 1.82) is 0 Å². The second kappa shape index (κ2) is 4.18. The summed E-state index contributed by atoms with van der Waals surface area (Å²) in [6, 6.07) is 5.93. The SMILES string of the molecule is O=C1OCCC1(CO)C(=O)c1ccccc1O. The quantitative estimate of drug-likeness (QED) is 0.453. The number of carbonyl (C=O) groups is 2. The second-order valence-corrected chi connectivity index (χ2v) is 3.97. The molecule has 0 aliphatic carbocycles. The topological polar surface area (TPSA) is 83.8 Å². The highest BCUT2D eigenvalue weighted by molar-refractivity contribution is 6.14. The van der Waals surface area contributed by atoms with Crippen molar-refractivity contribution in [2.45, 2.75) is 6.42 Å². The van der Waals surface area contributed by atoms with Crippen LogP contribution in [0.15, 0.2) is 24.3 Å². The van der Waals surface area contributed by atoms with Gasteiger partial charge in [0.25, 0.3) is 0 Å². The Balaban J connectivity index is 2.43. The molecule has 1 atom stereocenters. The van der Waals surface area contributed by atoms with Crippen LogP contribution < -0.4 is 0 Å². The van der Waals surface area contributed by atoms with E-state index < -0.39 is 23.8 Å². The average Bonchev–Trinajstić information content (AvgIpc) is 2.71. The van der Waals surface area contributed by atoms with Gasteiger partial charge >= 0.3 is 5.97 Å². The number of carbonyl (C=O) groups excluding carboxylic acids is 2. The monoisotopic (exact) mass is 236 g/mol. The van der Waals surface area contributed by atoms with Gasteiger partial charge in [-0.25, -0.2) is 0 Å². The van der Waals surface area contributed by atoms with Gasteiger partial charge in [-0.2, -0.15) is 0 Å². The van der Waals surface area contributed by atoms with Crippen LogP contribution in [0, 0.1) is 5.41 Å². The van der Waals surface area contributed by atoms with Crippen LogP contribution in [-0.2, 0) is 9.53 Å². The summed E-state index contributed by atoms with van der Waals surface area (Å²) in [6.07, 6.45) is 0.134. The van der Waals surface area contributed by atoms with Gasteiger partial charge in [0, 0.05) is 6.42 Å². The maximum absolute atomic E-state index is 12.2. The van der Waals surface area contributed by atoms with Gasteiger partial charge in [0.15, 0.2) is 11.2 Å². The zero-order chi connectivity index (χ0) is 12.5. The molecule has 0 aromatic heterocycles. The number of Topliss-reactive ketones (excluding diaryl/α,β-unsaturated/α-hetero) is 1. The first-order valence-corrected chi connectivity index (χ1v) is 5.23. The van der Waals surface area contributed by atoms with Crippen LogP contribution in [0.25, 0.3) is 0 Å². The van der Waals surface area contributed by atoms with Crippen LogP contribution in [0.1, 0.15) is 16.8 Å². The highest BCUT2D eigenvalue weighted by Gasteiger charge is 2.51. The Labute approximate surface area is 97.6 Å². The number of aliphatic hydroxyl groups excluding tert-OH is 1. The van der Waals surface area contributed by atoms with E-state index in [0.717, 1.165) is 0 Å². The Morgan fingerprint density at radius 2 is 2.12 bits per heavy atom. The van der Waals surface area contributed by atoms with E-state index in [1.807, 2.05) is 0 Å². The molecule has 1 heterocycles. The molecule has 0 spiro atoms. The Bertz CT molecular complexity index is 468. The molecule has 1 aliphatic rings. The minimum atomic E-state index is -1.56. The number of aliphatic hydroxyl groups is 1. The zero-order valence-corrected chi connectivity index (χ0v) is 9.05. The Kier molecular flexibility index (Phi) is 2.85. The molecule has 2 N–H and O–H groups in total. The van der Waals surface area contributed by atoms with E-state index in [2.05, 4.69) is 0 Å². The van der Waals surface area contributed by atoms with Crippen LogP contribution in [0.4, 0.5) is 0 Å². The van der Waals surface area contributed by atoms with Crippen LogP contribution >= 0.6 is 0 Å². The summed E-state index contributed by atoms with van der Waals surface area (Å²) in [4.78, 5) is 23.8. The van der Waals surface area contributed by atoms with Crippen LogP contribution in [-0.4, -0.2) is 35.2 Å². The number of benzene rings is 1. The minimum Gasteiger partial charge on any atom is -0.507 e. The first-order valence-electron chi connectivity index (χ1n) is 5.23. The van der Waals surface area contributed by atoms with Gasteiger partial charge in [-0.15, -0.1) is 0 Å². The highest BCUT2D eigenvalue weighted by atomic mass is 16.5. The van der Waals surface area contributed by atoms with E-state index in [-0.39, 0.29) is 24.3 Å². The van der Waals surface area contributed by atoms with Gasteiger partial charge in [0.2, 0.25) is 0 Å². The molecule has 5 heteroatoms. The summed E-state index contributed by atoms with van der Waals surface area (Å²) >= 11 is 0. The lowest BCUT2D eigenvalue weighted by Crippen LogP contribution is -2.39. The lowest BCUT2D eigenvalue weighted by Gasteiger charge is -2.20. The van der Waals surface area contributed by atoms with Crippen molar-refractivity contribution in [3.05, 3.63) is 29.8 Å². The fraction of sp³-hybridized carbons (Fsp3) is 0.333. The molecular weight excluding hydrogens is 224 g/mol. The first kappa shape index (κ1) is 11.6. The molecule has 1 aromatic rings. The fourth-order valence-corrected chi connectivity index (χ4v) is 1.90. The molecule has 0 radical (unpaired) electrons. The number of phenols is 1. The maximum atomic E-state index is 12.2. The number of esters is 1. The van der Waals surface area contributed by atoms with Crippen molar-refractivity contribution in [3.8, 4) is 5.75 Å². The molecule has 1 aliphatic heterocycles. The summed E-state index contributed by atoms with van der Waals surface area (Å²) in [5, 5.41) is 18.9. The Morgan fingerprint density at radius 3 is 2.65 bits per heavy atom. The third-order valence-corrected chi connectivity index (χ3v) is 3.01. The van der Waals surface area contributed by atoms with E-state index in [1.54, 1.807) is 12.1 Å². The number of cyclic esters (lactones) is 1. The molecule has 1 unspecified atom stereocenters. The van der Waals surface area contributed by atoms with E-state index in [9.17, 15) is 19.8 Å². The van der Waals surface area contributed by atoms with E-state index in [0.29, 0.717) is 0 Å². The van der Waals surface area contributed by atoms with E-state index >= 15 is 0 Å². The predicted octanol–water partition coefficient (Wildman–Crippen LogP) is 0.501. The molecule has 0 bridgehead atoms. The van der Waals surface area contributed by atoms with E-state index in [1.165, 1.54) is 12.1 Å². The first-order chi connectivity index (χ1) is 8.12. The third-order valence-electron chi connectivity index (χ3n) is 3.01. The second-order valence-electron chi connectivity index (χ2n) is 3.97. The Hall–Kier alpha value is -1.88. The number of phenolic OH excluding ortho intramolecular Hbond substituents is 1. The minimum absolute atomic E-state index is 0.0281. The van der Waals surface area contributed by atoms with Crippen molar-refractivity contribution < 1.29 is 24.5 Å². The zero-order valence-electron chi connectivity index (χ0n) is 9.05. The molecule has 5 nitrogen and oxygen atoms in total. The number of hydrogen-bond acceptors (Lipinski definition) is 5. The van der Waals surface area contributed by atoms with Gasteiger partial charge < -0.3 is 14.9 Å². The molecule has 2 rings (SSSR count). The lowest BCUT2D eigenvalue weighted by atomic mass is 9.79. The van der Waals surface area contributed by atoms with Crippen molar-refractivity contribution in [2.75, 3.05) is 13.2 Å². The number of aromatic hydroxyl groups is 1. The molecule has 1 fully saturated rings. The van der Waals surface area contributed by atoms with Gasteiger partial charge in [-0.3, -0.25) is 9.59 Å². The van der Waals surface area contributed by atoms with Crippen molar-refractivity contribution in [3.63, 3.8) is 0 Å². The van der Waals surface area contributed by atoms with Gasteiger partial charge in [0.05, 0.1) is 18.8 Å². The fourth-order valence-electron chi connectivity index (χ4n) is 1.90. The maximum Gasteiger partial charge on any atom is 0.322 e. The van der Waals surface area contributed by atoms with Gasteiger partial charge in [0.1, 0.15) is 5.75 Å². The third kappa shape index (κ3) is 1.68. The van der Waals surface area contributed by atoms with Gasteiger partial charge in [-0.1, -0.05) is 12.1 Å². The van der Waals surface area contributed by atoms with E-state index in [4.69, 9.17) is 4.74 Å². The average molecular weight is 236 g/mol. The number of rotatable bonds is 3. The number of para-hydroxylation sites is 1. The van der Waals surface area contributed by atoms with Crippen LogP contribution in [0.2, 0.25) is 0 Å². The van der Waals surface area contributed by atoms with Gasteiger partial charge in [-0.05, 0) is 12.1 Å². The molecule has 17 heavy (non-hydrogen) atoms. The molecule has 1 aromatic carbocycles. The predicted molar refractivity (Wildman–Crippen MR) is 57.5 cm³/mol.